The molecule has 1 radical (unpaired) electrons. The fourth-order valence-corrected chi connectivity index (χ4v) is 3.79. The van der Waals surface area contributed by atoms with E-state index in [1.54, 1.807) is 26.4 Å². The molecule has 1 aromatic carbocycles. The van der Waals surface area contributed by atoms with Crippen LogP contribution in [0.3, 0.4) is 0 Å². The van der Waals surface area contributed by atoms with Crippen LogP contribution in [0, 0.1) is 12.3 Å². The third-order valence-electron chi connectivity index (χ3n) is 5.21. The number of methoxy groups -OCH3 is 2. The Morgan fingerprint density at radius 1 is 1.16 bits per heavy atom. The average molecular weight is 344 g/mol. The van der Waals surface area contributed by atoms with Gasteiger partial charge in [-0.05, 0) is 74.9 Å². The van der Waals surface area contributed by atoms with Crippen molar-refractivity contribution >= 4 is 0 Å². The van der Waals surface area contributed by atoms with Gasteiger partial charge in [0, 0.05) is 6.54 Å². The highest BCUT2D eigenvalue weighted by molar-refractivity contribution is 5.46. The standard InChI is InChI=1S/C21H27FNO2/c1-24-20-8-4-5-17(21(20)25-2)11-14-23-12-9-16(10-13-23)18-6-3-7-19(22)15-18/h4-8,15-16H,3,9-14H2,1-2H3. The second kappa shape index (κ2) is 8.52. The zero-order valence-electron chi connectivity index (χ0n) is 15.1. The molecule has 2 aliphatic rings. The number of likely N-dealkylation sites (tertiary alicyclic amines) is 1. The van der Waals surface area contributed by atoms with E-state index in [0.29, 0.717) is 5.92 Å². The molecule has 25 heavy (non-hydrogen) atoms. The molecular formula is C21H27FNO2. The van der Waals surface area contributed by atoms with Crippen LogP contribution in [0.15, 0.2) is 41.8 Å². The van der Waals surface area contributed by atoms with Gasteiger partial charge in [0.2, 0.25) is 0 Å². The van der Waals surface area contributed by atoms with Gasteiger partial charge in [-0.15, -0.1) is 0 Å². The number of allylic oxidation sites excluding steroid dienone is 4. The van der Waals surface area contributed by atoms with Gasteiger partial charge in [0.25, 0.3) is 0 Å². The summed E-state index contributed by atoms with van der Waals surface area (Å²) in [5.74, 6) is 2.05. The predicted octanol–water partition coefficient (Wildman–Crippen LogP) is 4.35. The van der Waals surface area contributed by atoms with Gasteiger partial charge in [-0.25, -0.2) is 4.39 Å². The molecule has 4 heteroatoms. The SMILES string of the molecule is COc1cccc(CCN2CCC(C3=CC(F)=CC[CH]3)CC2)c1OC. The number of ether oxygens (including phenoxy) is 2. The molecule has 0 amide bonds. The third kappa shape index (κ3) is 4.43. The van der Waals surface area contributed by atoms with Crippen molar-refractivity contribution in [2.75, 3.05) is 33.9 Å². The monoisotopic (exact) mass is 344 g/mol. The van der Waals surface area contributed by atoms with E-state index in [1.165, 1.54) is 11.1 Å². The first-order valence-corrected chi connectivity index (χ1v) is 9.04. The lowest BCUT2D eigenvalue weighted by atomic mass is 9.84. The summed E-state index contributed by atoms with van der Waals surface area (Å²) < 4.78 is 24.3. The summed E-state index contributed by atoms with van der Waals surface area (Å²) in [7, 11) is 3.36. The van der Waals surface area contributed by atoms with Crippen molar-refractivity contribution < 1.29 is 13.9 Å². The summed E-state index contributed by atoms with van der Waals surface area (Å²) in [5, 5.41) is 0. The minimum atomic E-state index is -0.0787. The summed E-state index contributed by atoms with van der Waals surface area (Å²) in [5.41, 5.74) is 2.37. The van der Waals surface area contributed by atoms with Crippen molar-refractivity contribution in [3.63, 3.8) is 0 Å². The van der Waals surface area contributed by atoms with Crippen LogP contribution in [0.25, 0.3) is 0 Å². The van der Waals surface area contributed by atoms with Crippen LogP contribution in [-0.2, 0) is 6.42 Å². The molecule has 1 saturated heterocycles. The third-order valence-corrected chi connectivity index (χ3v) is 5.21. The minimum Gasteiger partial charge on any atom is -0.493 e. The van der Waals surface area contributed by atoms with E-state index in [-0.39, 0.29) is 5.83 Å². The topological polar surface area (TPSA) is 21.7 Å². The van der Waals surface area contributed by atoms with E-state index in [4.69, 9.17) is 9.47 Å². The smallest absolute Gasteiger partial charge is 0.163 e. The van der Waals surface area contributed by atoms with Crippen molar-refractivity contribution in [3.8, 4) is 11.5 Å². The average Bonchev–Trinajstić information content (AvgIpc) is 2.66. The Labute approximate surface area is 150 Å². The zero-order chi connectivity index (χ0) is 17.6. The molecule has 0 bridgehead atoms. The van der Waals surface area contributed by atoms with E-state index in [2.05, 4.69) is 17.4 Å². The highest BCUT2D eigenvalue weighted by atomic mass is 19.1. The van der Waals surface area contributed by atoms with Gasteiger partial charge >= 0.3 is 0 Å². The van der Waals surface area contributed by atoms with Crippen molar-refractivity contribution in [2.45, 2.75) is 25.7 Å². The van der Waals surface area contributed by atoms with Crippen LogP contribution in [0.4, 0.5) is 4.39 Å². The van der Waals surface area contributed by atoms with Crippen LogP contribution in [0.5, 0.6) is 11.5 Å². The van der Waals surface area contributed by atoms with Crippen molar-refractivity contribution in [3.05, 3.63) is 53.7 Å². The predicted molar refractivity (Wildman–Crippen MR) is 98.6 cm³/mol. The fourth-order valence-electron chi connectivity index (χ4n) is 3.79. The summed E-state index contributed by atoms with van der Waals surface area (Å²) in [6, 6.07) is 6.04. The zero-order valence-corrected chi connectivity index (χ0v) is 15.1. The number of para-hydroxylation sites is 1. The Morgan fingerprint density at radius 3 is 2.64 bits per heavy atom. The Hall–Kier alpha value is -1.81. The highest BCUT2D eigenvalue weighted by Crippen LogP contribution is 2.33. The molecule has 0 unspecified atom stereocenters. The lowest BCUT2D eigenvalue weighted by Crippen LogP contribution is -2.35. The largest absolute Gasteiger partial charge is 0.493 e. The Bertz CT molecular complexity index is 645. The molecule has 1 aliphatic carbocycles. The maximum atomic E-state index is 13.4. The van der Waals surface area contributed by atoms with E-state index in [9.17, 15) is 4.39 Å². The van der Waals surface area contributed by atoms with Crippen LogP contribution >= 0.6 is 0 Å². The molecular weight excluding hydrogens is 317 g/mol. The lowest BCUT2D eigenvalue weighted by molar-refractivity contribution is 0.200. The molecule has 0 saturated carbocycles. The molecule has 0 spiro atoms. The van der Waals surface area contributed by atoms with Crippen LogP contribution < -0.4 is 9.47 Å². The van der Waals surface area contributed by atoms with E-state index >= 15 is 0 Å². The molecule has 1 heterocycles. The summed E-state index contributed by atoms with van der Waals surface area (Å²) >= 11 is 0. The maximum Gasteiger partial charge on any atom is 0.163 e. The van der Waals surface area contributed by atoms with Crippen molar-refractivity contribution in [1.29, 1.82) is 0 Å². The van der Waals surface area contributed by atoms with E-state index in [1.807, 2.05) is 12.1 Å². The van der Waals surface area contributed by atoms with Crippen LogP contribution in [0.1, 0.15) is 24.8 Å². The Kier molecular flexibility index (Phi) is 6.14. The molecule has 0 atom stereocenters. The van der Waals surface area contributed by atoms with Gasteiger partial charge in [0.05, 0.1) is 14.2 Å². The van der Waals surface area contributed by atoms with E-state index < -0.39 is 0 Å². The van der Waals surface area contributed by atoms with Gasteiger partial charge in [-0.3, -0.25) is 0 Å². The number of hydrogen-bond acceptors (Lipinski definition) is 3. The molecule has 0 N–H and O–H groups in total. The normalized spacial score (nSPS) is 19.3. The summed E-state index contributed by atoms with van der Waals surface area (Å²) in [6.45, 7) is 3.13. The van der Waals surface area contributed by atoms with Gasteiger partial charge in [0.15, 0.2) is 11.5 Å². The number of rotatable bonds is 6. The molecule has 0 aromatic heterocycles. The van der Waals surface area contributed by atoms with Crippen molar-refractivity contribution in [1.82, 2.24) is 4.90 Å². The number of hydrogen-bond donors (Lipinski definition) is 0. The molecule has 3 nitrogen and oxygen atoms in total. The summed E-state index contributed by atoms with van der Waals surface area (Å²) in [6.07, 6.45) is 9.40. The van der Waals surface area contributed by atoms with Crippen LogP contribution in [0.2, 0.25) is 0 Å². The number of benzene rings is 1. The van der Waals surface area contributed by atoms with Crippen molar-refractivity contribution in [2.24, 2.45) is 5.92 Å². The minimum absolute atomic E-state index is 0.0787. The van der Waals surface area contributed by atoms with Gasteiger partial charge in [-0.1, -0.05) is 17.7 Å². The molecule has 135 valence electrons. The second-order valence-corrected chi connectivity index (χ2v) is 6.69. The number of piperidine rings is 1. The molecule has 3 rings (SSSR count). The number of halogens is 1. The van der Waals surface area contributed by atoms with Crippen LogP contribution in [-0.4, -0.2) is 38.8 Å². The first kappa shape index (κ1) is 18.0. The van der Waals surface area contributed by atoms with Gasteiger partial charge in [-0.2, -0.15) is 0 Å². The first-order chi connectivity index (χ1) is 12.2. The Balaban J connectivity index is 1.52. The summed E-state index contributed by atoms with van der Waals surface area (Å²) in [4.78, 5) is 2.49. The van der Waals surface area contributed by atoms with Gasteiger partial charge < -0.3 is 14.4 Å². The number of nitrogens with zero attached hydrogens (tertiary/aromatic N) is 1. The quantitative estimate of drug-likeness (QED) is 0.766. The second-order valence-electron chi connectivity index (χ2n) is 6.69. The lowest BCUT2D eigenvalue weighted by Gasteiger charge is -2.33. The molecule has 1 aromatic rings. The maximum absolute atomic E-state index is 13.4. The Morgan fingerprint density at radius 2 is 1.96 bits per heavy atom. The van der Waals surface area contributed by atoms with E-state index in [0.717, 1.165) is 56.8 Å². The highest BCUT2D eigenvalue weighted by Gasteiger charge is 2.23. The molecule has 1 fully saturated rings. The van der Waals surface area contributed by atoms with Gasteiger partial charge in [0.1, 0.15) is 5.83 Å². The molecule has 1 aliphatic heterocycles. The first-order valence-electron chi connectivity index (χ1n) is 9.04. The fraction of sp³-hybridized carbons (Fsp3) is 0.476.